The maximum atomic E-state index is 5.30. The van der Waals surface area contributed by atoms with Crippen molar-refractivity contribution in [1.82, 2.24) is 0 Å². The first-order chi connectivity index (χ1) is 6.29. The van der Waals surface area contributed by atoms with Crippen LogP contribution in [0.15, 0.2) is 30.7 Å². The van der Waals surface area contributed by atoms with E-state index in [1.807, 2.05) is 6.07 Å². The van der Waals surface area contributed by atoms with Crippen LogP contribution in [0.1, 0.15) is 23.0 Å². The van der Waals surface area contributed by atoms with Gasteiger partial charge in [0.25, 0.3) is 6.29 Å². The predicted molar refractivity (Wildman–Crippen MR) is 50.0 cm³/mol. The number of aryl methyl sites for hydroxylation is 2. The van der Waals surface area contributed by atoms with Gasteiger partial charge in [-0.3, -0.25) is 0 Å². The predicted octanol–water partition coefficient (Wildman–Crippen LogP) is 2.82. The molecule has 1 aliphatic heterocycles. The maximum Gasteiger partial charge on any atom is 0.266 e. The molecule has 1 heterocycles. The van der Waals surface area contributed by atoms with Crippen molar-refractivity contribution >= 4 is 0 Å². The van der Waals surface area contributed by atoms with E-state index in [0.717, 1.165) is 5.56 Å². The van der Waals surface area contributed by atoms with Crippen molar-refractivity contribution in [1.29, 1.82) is 0 Å². The van der Waals surface area contributed by atoms with Gasteiger partial charge in [-0.05, 0) is 25.0 Å². The Labute approximate surface area is 77.8 Å². The molecule has 0 N–H and O–H groups in total. The first-order valence-corrected chi connectivity index (χ1v) is 4.31. The zero-order chi connectivity index (χ0) is 9.26. The molecule has 1 aliphatic rings. The standard InChI is InChI=1S/C11H12O2/c1-8-4-3-5-9(2)10(8)11-12-6-7-13-11/h3-7,11H,1-2H3. The molecule has 2 rings (SSSR count). The van der Waals surface area contributed by atoms with Gasteiger partial charge < -0.3 is 9.47 Å². The van der Waals surface area contributed by atoms with Gasteiger partial charge in [0, 0.05) is 5.56 Å². The van der Waals surface area contributed by atoms with Gasteiger partial charge in [-0.2, -0.15) is 0 Å². The molecule has 0 amide bonds. The fourth-order valence-electron chi connectivity index (χ4n) is 1.57. The highest BCUT2D eigenvalue weighted by Gasteiger charge is 2.19. The van der Waals surface area contributed by atoms with Gasteiger partial charge in [-0.15, -0.1) is 0 Å². The van der Waals surface area contributed by atoms with Crippen LogP contribution in [0.25, 0.3) is 0 Å². The van der Waals surface area contributed by atoms with E-state index in [1.165, 1.54) is 11.1 Å². The topological polar surface area (TPSA) is 18.5 Å². The second-order valence-electron chi connectivity index (χ2n) is 3.18. The number of hydrogen-bond acceptors (Lipinski definition) is 2. The van der Waals surface area contributed by atoms with Crippen molar-refractivity contribution in [2.75, 3.05) is 0 Å². The van der Waals surface area contributed by atoms with Crippen molar-refractivity contribution in [3.63, 3.8) is 0 Å². The summed E-state index contributed by atoms with van der Waals surface area (Å²) in [6.07, 6.45) is 2.91. The van der Waals surface area contributed by atoms with Crippen LogP contribution < -0.4 is 0 Å². The van der Waals surface area contributed by atoms with Crippen molar-refractivity contribution in [2.24, 2.45) is 0 Å². The molecule has 2 heteroatoms. The van der Waals surface area contributed by atoms with E-state index in [2.05, 4.69) is 26.0 Å². The smallest absolute Gasteiger partial charge is 0.266 e. The summed E-state index contributed by atoms with van der Waals surface area (Å²) in [6.45, 7) is 4.13. The number of hydrogen-bond donors (Lipinski definition) is 0. The minimum absolute atomic E-state index is 0.249. The van der Waals surface area contributed by atoms with Crippen LogP contribution in [0.2, 0.25) is 0 Å². The SMILES string of the molecule is Cc1cccc(C)c1C1OC=CO1. The number of rotatable bonds is 1. The molecule has 0 saturated carbocycles. The summed E-state index contributed by atoms with van der Waals surface area (Å²) < 4.78 is 10.6. The highest BCUT2D eigenvalue weighted by atomic mass is 16.7. The van der Waals surface area contributed by atoms with Crippen LogP contribution in [0.3, 0.4) is 0 Å². The normalized spacial score (nSPS) is 15.5. The van der Waals surface area contributed by atoms with Gasteiger partial charge in [0.1, 0.15) is 12.5 Å². The molecule has 0 bridgehead atoms. The summed E-state index contributed by atoms with van der Waals surface area (Å²) in [6, 6.07) is 6.16. The molecule has 13 heavy (non-hydrogen) atoms. The zero-order valence-corrected chi connectivity index (χ0v) is 7.78. The molecule has 1 aromatic carbocycles. The molecule has 0 aromatic heterocycles. The Morgan fingerprint density at radius 1 is 1.00 bits per heavy atom. The molecule has 0 unspecified atom stereocenters. The fraction of sp³-hybridized carbons (Fsp3) is 0.273. The minimum atomic E-state index is -0.249. The van der Waals surface area contributed by atoms with Crippen molar-refractivity contribution in [2.45, 2.75) is 20.1 Å². The minimum Gasteiger partial charge on any atom is -0.455 e. The fourth-order valence-corrected chi connectivity index (χ4v) is 1.57. The van der Waals surface area contributed by atoms with Gasteiger partial charge >= 0.3 is 0 Å². The number of benzene rings is 1. The third kappa shape index (κ3) is 1.39. The molecular weight excluding hydrogens is 164 g/mol. The molecule has 0 saturated heterocycles. The molecule has 2 nitrogen and oxygen atoms in total. The number of ether oxygens (including phenoxy) is 2. The third-order valence-corrected chi connectivity index (χ3v) is 2.24. The van der Waals surface area contributed by atoms with E-state index in [-0.39, 0.29) is 6.29 Å². The molecule has 68 valence electrons. The van der Waals surface area contributed by atoms with Gasteiger partial charge in [0.15, 0.2) is 0 Å². The summed E-state index contributed by atoms with van der Waals surface area (Å²) in [7, 11) is 0. The largest absolute Gasteiger partial charge is 0.455 e. The van der Waals surface area contributed by atoms with Crippen LogP contribution in [-0.4, -0.2) is 0 Å². The Bertz CT molecular complexity index is 314. The van der Waals surface area contributed by atoms with E-state index in [4.69, 9.17) is 9.47 Å². The zero-order valence-electron chi connectivity index (χ0n) is 7.78. The lowest BCUT2D eigenvalue weighted by molar-refractivity contribution is -0.0255. The van der Waals surface area contributed by atoms with Gasteiger partial charge in [0.05, 0.1) is 0 Å². The molecule has 0 atom stereocenters. The van der Waals surface area contributed by atoms with Crippen LogP contribution >= 0.6 is 0 Å². The van der Waals surface area contributed by atoms with E-state index in [1.54, 1.807) is 12.5 Å². The summed E-state index contributed by atoms with van der Waals surface area (Å²) in [5, 5.41) is 0. The van der Waals surface area contributed by atoms with Gasteiger partial charge in [-0.1, -0.05) is 18.2 Å². The first kappa shape index (κ1) is 8.17. The molecular formula is C11H12O2. The van der Waals surface area contributed by atoms with Crippen LogP contribution in [0, 0.1) is 13.8 Å². The molecule has 1 aromatic rings. The van der Waals surface area contributed by atoms with E-state index in [9.17, 15) is 0 Å². The van der Waals surface area contributed by atoms with E-state index >= 15 is 0 Å². The quantitative estimate of drug-likeness (QED) is 0.655. The maximum absolute atomic E-state index is 5.30. The van der Waals surface area contributed by atoms with Crippen LogP contribution in [0.4, 0.5) is 0 Å². The van der Waals surface area contributed by atoms with Crippen molar-refractivity contribution < 1.29 is 9.47 Å². The molecule has 0 aliphatic carbocycles. The Morgan fingerprint density at radius 3 is 2.08 bits per heavy atom. The molecule has 0 fully saturated rings. The highest BCUT2D eigenvalue weighted by Crippen LogP contribution is 2.29. The Morgan fingerprint density at radius 2 is 1.54 bits per heavy atom. The highest BCUT2D eigenvalue weighted by molar-refractivity contribution is 5.34. The van der Waals surface area contributed by atoms with Crippen molar-refractivity contribution in [3.8, 4) is 0 Å². The lowest BCUT2D eigenvalue weighted by atomic mass is 10.0. The summed E-state index contributed by atoms with van der Waals surface area (Å²) in [5.41, 5.74) is 3.54. The average Bonchev–Trinajstić information content (AvgIpc) is 2.57. The summed E-state index contributed by atoms with van der Waals surface area (Å²) in [5.74, 6) is 0. The second kappa shape index (κ2) is 3.13. The van der Waals surface area contributed by atoms with Crippen molar-refractivity contribution in [3.05, 3.63) is 47.4 Å². The Balaban J connectivity index is 2.38. The Kier molecular flexibility index (Phi) is 1.97. The average molecular weight is 176 g/mol. The first-order valence-electron chi connectivity index (χ1n) is 4.31. The summed E-state index contributed by atoms with van der Waals surface area (Å²) >= 11 is 0. The lowest BCUT2D eigenvalue weighted by Gasteiger charge is -2.15. The second-order valence-corrected chi connectivity index (χ2v) is 3.18. The Hall–Kier alpha value is -1.44. The monoisotopic (exact) mass is 176 g/mol. The molecule has 0 radical (unpaired) electrons. The lowest BCUT2D eigenvalue weighted by Crippen LogP contribution is -2.02. The third-order valence-electron chi connectivity index (χ3n) is 2.24. The van der Waals surface area contributed by atoms with E-state index < -0.39 is 0 Å². The van der Waals surface area contributed by atoms with Crippen LogP contribution in [0.5, 0.6) is 0 Å². The van der Waals surface area contributed by atoms with Crippen LogP contribution in [-0.2, 0) is 9.47 Å². The molecule has 0 spiro atoms. The summed E-state index contributed by atoms with van der Waals surface area (Å²) in [4.78, 5) is 0. The van der Waals surface area contributed by atoms with Gasteiger partial charge in [-0.25, -0.2) is 0 Å². The van der Waals surface area contributed by atoms with Gasteiger partial charge in [0.2, 0.25) is 0 Å². The van der Waals surface area contributed by atoms with E-state index in [0.29, 0.717) is 0 Å².